The summed E-state index contributed by atoms with van der Waals surface area (Å²) in [6.07, 6.45) is 2.32. The lowest BCUT2D eigenvalue weighted by atomic mass is 10.3. The number of hydrogen-bond acceptors (Lipinski definition) is 3. The second kappa shape index (κ2) is 6.17. The Bertz CT molecular complexity index is 176. The third-order valence-corrected chi connectivity index (χ3v) is 2.47. The minimum atomic E-state index is -0.243. The van der Waals surface area contributed by atoms with Crippen LogP contribution in [0.4, 0.5) is 0 Å². The molecule has 0 amide bonds. The molecule has 3 nitrogen and oxygen atoms in total. The maximum absolute atomic E-state index is 9.69. The van der Waals surface area contributed by atoms with Crippen LogP contribution in [0.25, 0.3) is 0 Å². The van der Waals surface area contributed by atoms with Gasteiger partial charge in [-0.2, -0.15) is 0 Å². The Kier molecular flexibility index (Phi) is 5.15. The van der Waals surface area contributed by atoms with Crippen LogP contribution in [0.2, 0.25) is 0 Å². The molecule has 1 heterocycles. The van der Waals surface area contributed by atoms with E-state index in [-0.39, 0.29) is 6.10 Å². The van der Waals surface area contributed by atoms with Crippen molar-refractivity contribution in [1.29, 1.82) is 0 Å². The summed E-state index contributed by atoms with van der Waals surface area (Å²) < 4.78 is 0. The monoisotopic (exact) mass is 198 g/mol. The smallest absolute Gasteiger partial charge is 0.0791 e. The van der Waals surface area contributed by atoms with Crippen LogP contribution in [0.1, 0.15) is 19.8 Å². The molecule has 0 aromatic rings. The highest BCUT2D eigenvalue weighted by molar-refractivity contribution is 4.90. The molecular formula is C11H22N2O. The van der Waals surface area contributed by atoms with E-state index in [0.29, 0.717) is 6.54 Å². The van der Waals surface area contributed by atoms with Crippen molar-refractivity contribution in [2.75, 3.05) is 32.7 Å². The zero-order valence-electron chi connectivity index (χ0n) is 9.13. The third kappa shape index (κ3) is 4.74. The number of likely N-dealkylation sites (tertiary alicyclic amines) is 1. The molecule has 1 aliphatic heterocycles. The molecule has 0 aromatic heterocycles. The molecule has 0 saturated carbocycles. The van der Waals surface area contributed by atoms with E-state index in [1.54, 1.807) is 0 Å². The van der Waals surface area contributed by atoms with E-state index >= 15 is 0 Å². The van der Waals surface area contributed by atoms with Crippen LogP contribution >= 0.6 is 0 Å². The van der Waals surface area contributed by atoms with Gasteiger partial charge in [0.2, 0.25) is 0 Å². The van der Waals surface area contributed by atoms with Crippen LogP contribution in [0.5, 0.6) is 0 Å². The van der Waals surface area contributed by atoms with Crippen molar-refractivity contribution in [3.63, 3.8) is 0 Å². The van der Waals surface area contributed by atoms with Crippen LogP contribution in [-0.2, 0) is 0 Å². The zero-order valence-corrected chi connectivity index (χ0v) is 9.13. The van der Waals surface area contributed by atoms with Gasteiger partial charge in [-0.05, 0) is 32.9 Å². The van der Waals surface area contributed by atoms with Gasteiger partial charge in [-0.15, -0.1) is 0 Å². The Hall–Kier alpha value is -0.380. The van der Waals surface area contributed by atoms with Gasteiger partial charge >= 0.3 is 0 Å². The number of aliphatic hydroxyl groups is 1. The normalized spacial score (nSPS) is 19.9. The molecule has 1 aliphatic rings. The molecule has 2 N–H and O–H groups in total. The Balaban J connectivity index is 2.03. The van der Waals surface area contributed by atoms with Gasteiger partial charge in [0, 0.05) is 19.6 Å². The zero-order chi connectivity index (χ0) is 10.4. The van der Waals surface area contributed by atoms with Gasteiger partial charge in [-0.3, -0.25) is 0 Å². The van der Waals surface area contributed by atoms with Crippen molar-refractivity contribution in [1.82, 2.24) is 10.2 Å². The Morgan fingerprint density at radius 3 is 2.71 bits per heavy atom. The molecule has 0 radical (unpaired) electrons. The minimum Gasteiger partial charge on any atom is -0.390 e. The van der Waals surface area contributed by atoms with Crippen LogP contribution in [-0.4, -0.2) is 48.8 Å². The molecule has 0 spiro atoms. The largest absolute Gasteiger partial charge is 0.390 e. The lowest BCUT2D eigenvalue weighted by Crippen LogP contribution is -2.37. The predicted octanol–water partition coefficient (Wildman–Crippen LogP) is 0.609. The quantitative estimate of drug-likeness (QED) is 0.614. The molecule has 1 unspecified atom stereocenters. The van der Waals surface area contributed by atoms with Crippen molar-refractivity contribution < 1.29 is 5.11 Å². The number of hydrogen-bond donors (Lipinski definition) is 2. The molecule has 1 rings (SSSR count). The number of nitrogens with one attached hydrogen (secondary N) is 1. The van der Waals surface area contributed by atoms with Crippen molar-refractivity contribution in [3.05, 3.63) is 12.2 Å². The third-order valence-electron chi connectivity index (χ3n) is 2.47. The van der Waals surface area contributed by atoms with Crippen LogP contribution in [0.3, 0.4) is 0 Å². The average molecular weight is 198 g/mol. The minimum absolute atomic E-state index is 0.243. The summed E-state index contributed by atoms with van der Waals surface area (Å²) in [5.74, 6) is 0. The number of nitrogens with zero attached hydrogens (tertiary/aromatic N) is 1. The molecule has 1 atom stereocenters. The summed E-state index contributed by atoms with van der Waals surface area (Å²) in [4.78, 5) is 2.33. The molecule has 82 valence electrons. The van der Waals surface area contributed by atoms with Crippen LogP contribution in [0, 0.1) is 0 Å². The first-order valence-electron chi connectivity index (χ1n) is 5.44. The number of β-amino-alcohol motifs (C(OH)–C–C–N with tert-alkyl or cyclic N) is 1. The molecule has 1 saturated heterocycles. The summed E-state index contributed by atoms with van der Waals surface area (Å²) in [7, 11) is 0. The second-order valence-corrected chi connectivity index (χ2v) is 4.25. The maximum Gasteiger partial charge on any atom is 0.0791 e. The van der Waals surface area contributed by atoms with Crippen molar-refractivity contribution >= 4 is 0 Å². The van der Waals surface area contributed by atoms with Crippen LogP contribution < -0.4 is 5.32 Å². The van der Waals surface area contributed by atoms with E-state index in [4.69, 9.17) is 0 Å². The number of rotatable bonds is 6. The number of aliphatic hydroxyl groups excluding tert-OH is 1. The fourth-order valence-corrected chi connectivity index (χ4v) is 1.78. The first-order chi connectivity index (χ1) is 6.68. The predicted molar refractivity (Wildman–Crippen MR) is 59.4 cm³/mol. The highest BCUT2D eigenvalue weighted by atomic mass is 16.3. The Labute approximate surface area is 86.8 Å². The van der Waals surface area contributed by atoms with Gasteiger partial charge in [-0.1, -0.05) is 12.2 Å². The van der Waals surface area contributed by atoms with E-state index in [1.807, 2.05) is 6.92 Å². The summed E-state index contributed by atoms with van der Waals surface area (Å²) in [5, 5.41) is 12.9. The van der Waals surface area contributed by atoms with E-state index in [9.17, 15) is 5.11 Å². The van der Waals surface area contributed by atoms with Crippen molar-refractivity contribution in [2.24, 2.45) is 0 Å². The Morgan fingerprint density at radius 2 is 2.14 bits per heavy atom. The van der Waals surface area contributed by atoms with Gasteiger partial charge in [0.15, 0.2) is 0 Å². The van der Waals surface area contributed by atoms with Gasteiger partial charge in [0.25, 0.3) is 0 Å². The summed E-state index contributed by atoms with van der Waals surface area (Å²) in [5.41, 5.74) is 1.11. The van der Waals surface area contributed by atoms with E-state index < -0.39 is 0 Å². The first kappa shape index (κ1) is 11.7. The molecule has 0 aromatic carbocycles. The highest BCUT2D eigenvalue weighted by Crippen LogP contribution is 2.07. The topological polar surface area (TPSA) is 35.5 Å². The highest BCUT2D eigenvalue weighted by Gasteiger charge is 2.14. The lowest BCUT2D eigenvalue weighted by molar-refractivity contribution is 0.124. The average Bonchev–Trinajstić information content (AvgIpc) is 2.56. The Morgan fingerprint density at radius 1 is 1.50 bits per heavy atom. The molecule has 3 heteroatoms. The van der Waals surface area contributed by atoms with Crippen molar-refractivity contribution in [2.45, 2.75) is 25.9 Å². The van der Waals surface area contributed by atoms with Crippen LogP contribution in [0.15, 0.2) is 12.2 Å². The molecule has 0 aliphatic carbocycles. The summed E-state index contributed by atoms with van der Waals surface area (Å²) in [6, 6.07) is 0. The van der Waals surface area contributed by atoms with E-state index in [0.717, 1.165) is 31.8 Å². The molecular weight excluding hydrogens is 176 g/mol. The SMILES string of the molecule is C=C(C)CNCC(O)CN1CCCC1. The lowest BCUT2D eigenvalue weighted by Gasteiger charge is -2.19. The van der Waals surface area contributed by atoms with Crippen molar-refractivity contribution in [3.8, 4) is 0 Å². The maximum atomic E-state index is 9.69. The first-order valence-corrected chi connectivity index (χ1v) is 5.44. The van der Waals surface area contributed by atoms with E-state index in [1.165, 1.54) is 12.8 Å². The summed E-state index contributed by atoms with van der Waals surface area (Å²) >= 11 is 0. The summed E-state index contributed by atoms with van der Waals surface area (Å²) in [6.45, 7) is 10.4. The van der Waals surface area contributed by atoms with Gasteiger partial charge in [0.1, 0.15) is 0 Å². The van der Waals surface area contributed by atoms with Gasteiger partial charge in [0.05, 0.1) is 6.10 Å². The standard InChI is InChI=1S/C11H22N2O/c1-10(2)7-12-8-11(14)9-13-5-3-4-6-13/h11-12,14H,1,3-9H2,2H3. The fourth-order valence-electron chi connectivity index (χ4n) is 1.78. The molecule has 1 fully saturated rings. The fraction of sp³-hybridized carbons (Fsp3) is 0.818. The van der Waals surface area contributed by atoms with Gasteiger partial charge in [-0.25, -0.2) is 0 Å². The van der Waals surface area contributed by atoms with E-state index in [2.05, 4.69) is 16.8 Å². The van der Waals surface area contributed by atoms with Gasteiger partial charge < -0.3 is 15.3 Å². The second-order valence-electron chi connectivity index (χ2n) is 4.25. The molecule has 14 heavy (non-hydrogen) atoms. The molecule has 0 bridgehead atoms.